The van der Waals surface area contributed by atoms with E-state index in [2.05, 4.69) is 143 Å². The SMILES string of the molecule is CC(C)(C)c1ccc(/N=C/N(c2ccc(C(C)(C)C)cc2)[PH](Cl)(c2ccccc2)c2ccccc2)cc1. The van der Waals surface area contributed by atoms with Crippen molar-refractivity contribution in [2.75, 3.05) is 4.67 Å². The second kappa shape index (κ2) is 10.8. The molecule has 0 atom stereocenters. The van der Waals surface area contributed by atoms with Gasteiger partial charge in [-0.2, -0.15) is 0 Å². The van der Waals surface area contributed by atoms with Gasteiger partial charge in [-0.15, -0.1) is 0 Å². The third-order valence-electron chi connectivity index (χ3n) is 6.71. The molecule has 192 valence electrons. The molecular formula is C33H38ClN2P. The van der Waals surface area contributed by atoms with Crippen LogP contribution >= 0.6 is 18.0 Å². The van der Waals surface area contributed by atoms with Gasteiger partial charge in [0, 0.05) is 0 Å². The Kier molecular flexibility index (Phi) is 7.93. The predicted octanol–water partition coefficient (Wildman–Crippen LogP) is 8.92. The second-order valence-electron chi connectivity index (χ2n) is 11.6. The molecule has 0 aliphatic carbocycles. The van der Waals surface area contributed by atoms with Crippen molar-refractivity contribution in [2.45, 2.75) is 52.4 Å². The molecule has 0 aliphatic heterocycles. The molecule has 4 aromatic rings. The normalized spacial score (nSPS) is 13.1. The fraction of sp³-hybridized carbons (Fsp3) is 0.242. The zero-order valence-electron chi connectivity index (χ0n) is 22.7. The van der Waals surface area contributed by atoms with Crippen LogP contribution in [-0.4, -0.2) is 6.34 Å². The summed E-state index contributed by atoms with van der Waals surface area (Å²) in [7, 11) is 0. The Labute approximate surface area is 228 Å². The number of hydrogen-bond acceptors (Lipinski definition) is 1. The summed E-state index contributed by atoms with van der Waals surface area (Å²) in [6, 6.07) is 38.1. The van der Waals surface area contributed by atoms with Crippen molar-refractivity contribution in [3.63, 3.8) is 0 Å². The first-order valence-electron chi connectivity index (χ1n) is 12.8. The standard InChI is InChI=1S/C33H38ClN2P/c1-32(2,3)26-17-21-28(22-18-26)35-25-36(29-23-19-27(20-24-29)33(4,5)6)37(34,30-13-9-7-10-14-30)31-15-11-8-12-16-31/h7-25,37H,1-6H3/b35-25+. The number of aliphatic imine (C=N–C) groups is 1. The van der Waals surface area contributed by atoms with Gasteiger partial charge in [0.15, 0.2) is 0 Å². The van der Waals surface area contributed by atoms with E-state index in [1.807, 2.05) is 18.5 Å². The molecule has 0 fully saturated rings. The minimum atomic E-state index is -2.97. The van der Waals surface area contributed by atoms with E-state index in [0.29, 0.717) is 0 Å². The fourth-order valence-electron chi connectivity index (χ4n) is 4.38. The van der Waals surface area contributed by atoms with Crippen molar-refractivity contribution in [3.05, 3.63) is 120 Å². The van der Waals surface area contributed by atoms with E-state index in [0.717, 1.165) is 22.0 Å². The van der Waals surface area contributed by atoms with Gasteiger partial charge in [0.2, 0.25) is 0 Å². The maximum absolute atomic E-state index is 7.85. The van der Waals surface area contributed by atoms with E-state index in [9.17, 15) is 0 Å². The van der Waals surface area contributed by atoms with Gasteiger partial charge in [0.25, 0.3) is 0 Å². The van der Waals surface area contributed by atoms with E-state index < -0.39 is 6.77 Å². The van der Waals surface area contributed by atoms with Gasteiger partial charge in [-0.25, -0.2) is 0 Å². The van der Waals surface area contributed by atoms with Gasteiger partial charge in [-0.1, -0.05) is 0 Å². The van der Waals surface area contributed by atoms with Crippen LogP contribution in [0, 0.1) is 0 Å². The van der Waals surface area contributed by atoms with E-state index in [-0.39, 0.29) is 10.8 Å². The first-order valence-corrected chi connectivity index (χ1v) is 15.8. The van der Waals surface area contributed by atoms with Crippen LogP contribution < -0.4 is 15.3 Å². The zero-order valence-corrected chi connectivity index (χ0v) is 24.5. The third kappa shape index (κ3) is 6.15. The molecule has 0 aromatic heterocycles. The zero-order chi connectivity index (χ0) is 26.7. The summed E-state index contributed by atoms with van der Waals surface area (Å²) in [4.78, 5) is 4.95. The van der Waals surface area contributed by atoms with Crippen LogP contribution in [-0.2, 0) is 10.8 Å². The second-order valence-corrected chi connectivity index (χ2v) is 16.1. The Morgan fingerprint density at radius 2 is 1.00 bits per heavy atom. The fourth-order valence-corrected chi connectivity index (χ4v) is 8.44. The van der Waals surface area contributed by atoms with E-state index in [1.54, 1.807) is 0 Å². The molecule has 0 spiro atoms. The average Bonchev–Trinajstić information content (AvgIpc) is 2.89. The average molecular weight is 529 g/mol. The van der Waals surface area contributed by atoms with Crippen molar-refractivity contribution in [3.8, 4) is 0 Å². The Balaban J connectivity index is 1.86. The molecule has 4 rings (SSSR count). The Morgan fingerprint density at radius 1 is 0.595 bits per heavy atom. The molecule has 0 heterocycles. The monoisotopic (exact) mass is 528 g/mol. The van der Waals surface area contributed by atoms with Gasteiger partial charge < -0.3 is 0 Å². The van der Waals surface area contributed by atoms with Crippen LogP contribution in [0.4, 0.5) is 11.4 Å². The molecule has 0 unspecified atom stereocenters. The summed E-state index contributed by atoms with van der Waals surface area (Å²) in [6.07, 6.45) is 1.93. The van der Waals surface area contributed by atoms with E-state index in [4.69, 9.17) is 16.2 Å². The summed E-state index contributed by atoms with van der Waals surface area (Å²) in [6.45, 7) is 10.4. The number of nitrogens with zero attached hydrogens (tertiary/aromatic N) is 2. The summed E-state index contributed by atoms with van der Waals surface area (Å²) in [5.74, 6) is 0. The Hall–Kier alpha value is -2.93. The summed E-state index contributed by atoms with van der Waals surface area (Å²) in [5.41, 5.74) is 4.67. The van der Waals surface area contributed by atoms with Crippen molar-refractivity contribution in [1.29, 1.82) is 0 Å². The van der Waals surface area contributed by atoms with Gasteiger partial charge in [0.1, 0.15) is 0 Å². The van der Waals surface area contributed by atoms with E-state index >= 15 is 0 Å². The number of rotatable bonds is 6. The van der Waals surface area contributed by atoms with Crippen LogP contribution in [0.2, 0.25) is 0 Å². The third-order valence-corrected chi connectivity index (χ3v) is 11.8. The van der Waals surface area contributed by atoms with Crippen molar-refractivity contribution in [1.82, 2.24) is 0 Å². The molecule has 0 radical (unpaired) electrons. The number of hydrogen-bond donors (Lipinski definition) is 0. The Bertz CT molecular complexity index is 1280. The topological polar surface area (TPSA) is 15.6 Å². The molecule has 2 nitrogen and oxygen atoms in total. The van der Waals surface area contributed by atoms with Crippen LogP contribution in [0.25, 0.3) is 0 Å². The van der Waals surface area contributed by atoms with Gasteiger partial charge >= 0.3 is 229 Å². The van der Waals surface area contributed by atoms with Crippen molar-refractivity contribution in [2.24, 2.45) is 4.99 Å². The molecule has 4 heteroatoms. The van der Waals surface area contributed by atoms with Crippen molar-refractivity contribution < 1.29 is 0 Å². The quantitative estimate of drug-likeness (QED) is 0.138. The first-order chi connectivity index (χ1) is 17.5. The van der Waals surface area contributed by atoms with Crippen LogP contribution in [0.5, 0.6) is 0 Å². The molecule has 4 aromatic carbocycles. The molecule has 0 aliphatic rings. The maximum atomic E-state index is 7.85. The van der Waals surface area contributed by atoms with Crippen molar-refractivity contribution >= 4 is 46.3 Å². The van der Waals surface area contributed by atoms with Gasteiger partial charge in [-0.3, -0.25) is 0 Å². The summed E-state index contributed by atoms with van der Waals surface area (Å²) < 4.78 is 2.21. The molecule has 0 saturated heterocycles. The Morgan fingerprint density at radius 3 is 1.41 bits per heavy atom. The summed E-state index contributed by atoms with van der Waals surface area (Å²) in [5, 5.41) is 2.22. The summed E-state index contributed by atoms with van der Waals surface area (Å²) >= 11 is 7.85. The number of anilines is 1. The van der Waals surface area contributed by atoms with Crippen LogP contribution in [0.3, 0.4) is 0 Å². The van der Waals surface area contributed by atoms with Crippen LogP contribution in [0.1, 0.15) is 52.7 Å². The molecule has 37 heavy (non-hydrogen) atoms. The van der Waals surface area contributed by atoms with Gasteiger partial charge in [0.05, 0.1) is 0 Å². The molecule has 0 N–H and O–H groups in total. The molecular weight excluding hydrogens is 491 g/mol. The van der Waals surface area contributed by atoms with Gasteiger partial charge in [-0.05, 0) is 0 Å². The number of halogens is 1. The van der Waals surface area contributed by atoms with Crippen LogP contribution in [0.15, 0.2) is 114 Å². The van der Waals surface area contributed by atoms with E-state index in [1.165, 1.54) is 11.1 Å². The molecule has 0 saturated carbocycles. The number of benzene rings is 4. The minimum absolute atomic E-state index is 0.0700. The molecule has 0 amide bonds. The first kappa shape index (κ1) is 27.1. The molecule has 0 bridgehead atoms. The predicted molar refractivity (Wildman–Crippen MR) is 167 cm³/mol.